The molecule has 28 heavy (non-hydrogen) atoms. The molecule has 0 saturated heterocycles. The molecule has 3 heteroatoms. The smallest absolute Gasteiger partial charge is 0.195 e. The molecule has 0 N–H and O–H groups in total. The summed E-state index contributed by atoms with van der Waals surface area (Å²) in [6.07, 6.45) is 12.6. The number of unbranched alkanes of at least 4 members (excludes halogenated alkanes) is 7. The van der Waals surface area contributed by atoms with Crippen molar-refractivity contribution in [2.24, 2.45) is 0 Å². The Morgan fingerprint density at radius 3 is 2.21 bits per heavy atom. The van der Waals surface area contributed by atoms with Crippen molar-refractivity contribution >= 4 is 39.3 Å². The van der Waals surface area contributed by atoms with Crippen molar-refractivity contribution in [1.29, 1.82) is 0 Å². The lowest BCUT2D eigenvalue weighted by Crippen LogP contribution is -2.01. The zero-order valence-corrected chi connectivity index (χ0v) is 19.0. The third-order valence-electron chi connectivity index (χ3n) is 5.39. The van der Waals surface area contributed by atoms with Gasteiger partial charge in [-0.1, -0.05) is 70.1 Å². The van der Waals surface area contributed by atoms with Gasteiger partial charge >= 0.3 is 0 Å². The van der Waals surface area contributed by atoms with Crippen molar-refractivity contribution in [2.45, 2.75) is 64.8 Å². The highest BCUT2D eigenvalue weighted by Crippen LogP contribution is 2.25. The van der Waals surface area contributed by atoms with Crippen molar-refractivity contribution in [1.82, 2.24) is 4.57 Å². The number of carbonyl (C=O) groups is 1. The van der Waals surface area contributed by atoms with Crippen LogP contribution in [-0.4, -0.2) is 10.4 Å². The van der Waals surface area contributed by atoms with Gasteiger partial charge in [-0.05, 0) is 59.3 Å². The van der Waals surface area contributed by atoms with Gasteiger partial charge in [0.1, 0.15) is 0 Å². The van der Waals surface area contributed by atoms with E-state index in [-0.39, 0.29) is 5.78 Å². The van der Waals surface area contributed by atoms with Crippen molar-refractivity contribution in [3.63, 3.8) is 0 Å². The van der Waals surface area contributed by atoms with Crippen LogP contribution >= 0.6 is 22.6 Å². The van der Waals surface area contributed by atoms with Gasteiger partial charge in [-0.15, -0.1) is 0 Å². The molecule has 1 heterocycles. The second-order valence-electron chi connectivity index (χ2n) is 7.56. The molecule has 0 radical (unpaired) electrons. The molecule has 0 spiro atoms. The van der Waals surface area contributed by atoms with Crippen molar-refractivity contribution in [3.05, 3.63) is 69.4 Å². The van der Waals surface area contributed by atoms with Gasteiger partial charge in [-0.2, -0.15) is 0 Å². The lowest BCUT2D eigenvalue weighted by molar-refractivity contribution is 0.104. The largest absolute Gasteiger partial charge is 0.347 e. The molecule has 0 bridgehead atoms. The minimum absolute atomic E-state index is 0.113. The standard InChI is InChI=1S/C25H30INO/c1-2-3-4-5-6-7-8-11-18-27-19-23(22-12-9-10-13-24(22)27)25(28)20-14-16-21(26)17-15-20/h9-10,12-17,19H,2-8,11,18H2,1H3. The fourth-order valence-electron chi connectivity index (χ4n) is 3.79. The summed E-state index contributed by atoms with van der Waals surface area (Å²) >= 11 is 2.27. The van der Waals surface area contributed by atoms with Crippen LogP contribution in [0.3, 0.4) is 0 Å². The summed E-state index contributed by atoms with van der Waals surface area (Å²) in [4.78, 5) is 13.1. The van der Waals surface area contributed by atoms with E-state index >= 15 is 0 Å². The summed E-state index contributed by atoms with van der Waals surface area (Å²) in [5.74, 6) is 0.113. The van der Waals surface area contributed by atoms with Crippen molar-refractivity contribution in [3.8, 4) is 0 Å². The van der Waals surface area contributed by atoms with Gasteiger partial charge < -0.3 is 4.57 Å². The average molecular weight is 487 g/mol. The van der Waals surface area contributed by atoms with Crippen LogP contribution in [0.1, 0.15) is 74.2 Å². The third-order valence-corrected chi connectivity index (χ3v) is 6.11. The quantitative estimate of drug-likeness (QED) is 0.155. The molecule has 1 aromatic heterocycles. The number of fused-ring (bicyclic) bond motifs is 1. The number of hydrogen-bond acceptors (Lipinski definition) is 1. The maximum absolute atomic E-state index is 13.1. The van der Waals surface area contributed by atoms with E-state index in [0.29, 0.717) is 0 Å². The van der Waals surface area contributed by atoms with Gasteiger partial charge in [0.25, 0.3) is 0 Å². The van der Waals surface area contributed by atoms with Crippen molar-refractivity contribution in [2.75, 3.05) is 0 Å². The first kappa shape index (κ1) is 21.1. The Morgan fingerprint density at radius 2 is 1.50 bits per heavy atom. The molecule has 3 aromatic rings. The van der Waals surface area contributed by atoms with E-state index in [1.807, 2.05) is 30.3 Å². The minimum Gasteiger partial charge on any atom is -0.347 e. The van der Waals surface area contributed by atoms with Crippen LogP contribution in [0.25, 0.3) is 10.9 Å². The van der Waals surface area contributed by atoms with Gasteiger partial charge in [0.05, 0.1) is 0 Å². The molecule has 0 saturated carbocycles. The molecule has 2 nitrogen and oxygen atoms in total. The number of rotatable bonds is 11. The average Bonchev–Trinajstić information content (AvgIpc) is 3.09. The Kier molecular flexibility index (Phi) is 8.13. The molecule has 0 unspecified atom stereocenters. The Labute approximate surface area is 182 Å². The molecule has 2 aromatic carbocycles. The summed E-state index contributed by atoms with van der Waals surface area (Å²) < 4.78 is 3.41. The Bertz CT molecular complexity index is 895. The van der Waals surface area contributed by atoms with Crippen LogP contribution < -0.4 is 0 Å². The molecular formula is C25H30INO. The Hall–Kier alpha value is -1.62. The number of para-hydroxylation sites is 1. The van der Waals surface area contributed by atoms with Crippen LogP contribution in [0.15, 0.2) is 54.7 Å². The van der Waals surface area contributed by atoms with E-state index in [9.17, 15) is 4.79 Å². The zero-order valence-electron chi connectivity index (χ0n) is 16.8. The Balaban J connectivity index is 1.65. The van der Waals surface area contributed by atoms with Crippen LogP contribution in [0, 0.1) is 3.57 Å². The van der Waals surface area contributed by atoms with E-state index in [1.54, 1.807) is 0 Å². The molecule has 148 valence electrons. The molecule has 0 aliphatic heterocycles. The highest BCUT2D eigenvalue weighted by Gasteiger charge is 2.16. The number of benzene rings is 2. The summed E-state index contributed by atoms with van der Waals surface area (Å²) in [6.45, 7) is 3.24. The molecule has 0 aliphatic rings. The SMILES string of the molecule is CCCCCCCCCCn1cc(C(=O)c2ccc(I)cc2)c2ccccc21. The number of hydrogen-bond donors (Lipinski definition) is 0. The summed E-state index contributed by atoms with van der Waals surface area (Å²) in [5.41, 5.74) is 2.74. The first-order chi connectivity index (χ1) is 13.7. The maximum atomic E-state index is 13.1. The number of carbonyl (C=O) groups excluding carboxylic acids is 1. The van der Waals surface area contributed by atoms with Crippen LogP contribution in [-0.2, 0) is 6.54 Å². The van der Waals surface area contributed by atoms with E-state index in [4.69, 9.17) is 0 Å². The monoisotopic (exact) mass is 487 g/mol. The van der Waals surface area contributed by atoms with Crippen LogP contribution in [0.4, 0.5) is 0 Å². The molecule has 0 amide bonds. The first-order valence-electron chi connectivity index (χ1n) is 10.6. The third kappa shape index (κ3) is 5.47. The zero-order chi connectivity index (χ0) is 19.8. The minimum atomic E-state index is 0.113. The van der Waals surface area contributed by atoms with Crippen LogP contribution in [0.2, 0.25) is 0 Å². The van der Waals surface area contributed by atoms with E-state index in [0.717, 1.165) is 26.6 Å². The molecule has 3 rings (SSSR count). The van der Waals surface area contributed by atoms with E-state index < -0.39 is 0 Å². The number of ketones is 1. The normalized spacial score (nSPS) is 11.2. The highest BCUT2D eigenvalue weighted by atomic mass is 127. The fourth-order valence-corrected chi connectivity index (χ4v) is 4.15. The summed E-state index contributed by atoms with van der Waals surface area (Å²) in [6, 6.07) is 16.1. The maximum Gasteiger partial charge on any atom is 0.195 e. The number of nitrogens with zero attached hydrogens (tertiary/aromatic N) is 1. The molecule has 0 fully saturated rings. The lowest BCUT2D eigenvalue weighted by atomic mass is 10.0. The van der Waals surface area contributed by atoms with Gasteiger partial charge in [-0.3, -0.25) is 4.79 Å². The Morgan fingerprint density at radius 1 is 0.857 bits per heavy atom. The predicted octanol–water partition coefficient (Wildman–Crippen LogP) is 7.62. The number of halogens is 1. The predicted molar refractivity (Wildman–Crippen MR) is 127 cm³/mol. The second-order valence-corrected chi connectivity index (χ2v) is 8.81. The van der Waals surface area contributed by atoms with E-state index in [1.165, 1.54) is 56.9 Å². The number of aromatic nitrogens is 1. The van der Waals surface area contributed by atoms with Gasteiger partial charge in [0.2, 0.25) is 0 Å². The van der Waals surface area contributed by atoms with Crippen LogP contribution in [0.5, 0.6) is 0 Å². The van der Waals surface area contributed by atoms with Crippen molar-refractivity contribution < 1.29 is 4.79 Å². The van der Waals surface area contributed by atoms with Gasteiger partial charge in [0, 0.05) is 38.3 Å². The summed E-state index contributed by atoms with van der Waals surface area (Å²) in [7, 11) is 0. The highest BCUT2D eigenvalue weighted by molar-refractivity contribution is 14.1. The summed E-state index contributed by atoms with van der Waals surface area (Å²) in [5, 5.41) is 1.06. The fraction of sp³-hybridized carbons (Fsp3) is 0.400. The molecule has 0 atom stereocenters. The van der Waals surface area contributed by atoms with E-state index in [2.05, 4.69) is 58.5 Å². The second kappa shape index (κ2) is 10.8. The van der Waals surface area contributed by atoms with Gasteiger partial charge in [0.15, 0.2) is 5.78 Å². The van der Waals surface area contributed by atoms with Gasteiger partial charge in [-0.25, -0.2) is 0 Å². The lowest BCUT2D eigenvalue weighted by Gasteiger charge is -2.05. The molecular weight excluding hydrogens is 457 g/mol. The number of aryl methyl sites for hydroxylation is 1. The topological polar surface area (TPSA) is 22.0 Å². The molecule has 0 aliphatic carbocycles. The first-order valence-corrected chi connectivity index (χ1v) is 11.7.